The van der Waals surface area contributed by atoms with Crippen molar-refractivity contribution in [2.24, 2.45) is 0 Å². The molecule has 1 aromatic rings. The molecular weight excluding hydrogens is 220 g/mol. The van der Waals surface area contributed by atoms with Crippen molar-refractivity contribution in [2.75, 3.05) is 13.2 Å². The predicted octanol–water partition coefficient (Wildman–Crippen LogP) is 1.77. The van der Waals surface area contributed by atoms with E-state index in [4.69, 9.17) is 9.47 Å². The first-order valence-electron chi connectivity index (χ1n) is 5.74. The molecule has 0 spiro atoms. The lowest BCUT2D eigenvalue weighted by molar-refractivity contribution is -0.145. The Hall–Kier alpha value is -1.55. The fraction of sp³-hybridized carbons (Fsp3) is 0.462. The molecule has 1 aromatic carbocycles. The van der Waals surface area contributed by atoms with Crippen LogP contribution in [0.5, 0.6) is 5.75 Å². The van der Waals surface area contributed by atoms with Crippen LogP contribution in [0.3, 0.4) is 0 Å². The van der Waals surface area contributed by atoms with Gasteiger partial charge in [-0.05, 0) is 19.1 Å². The average Bonchev–Trinajstić information content (AvgIpc) is 2.30. The monoisotopic (exact) mass is 238 g/mol. The van der Waals surface area contributed by atoms with Gasteiger partial charge in [0.1, 0.15) is 5.75 Å². The highest BCUT2D eigenvalue weighted by Gasteiger charge is 2.11. The van der Waals surface area contributed by atoms with Gasteiger partial charge in [-0.1, -0.05) is 18.2 Å². The van der Waals surface area contributed by atoms with Crippen LogP contribution in [0.2, 0.25) is 0 Å². The highest BCUT2D eigenvalue weighted by atomic mass is 16.5. The number of esters is 1. The SMILES string of the molecule is CCOC(=O)CC(O)CCOc1ccccc1. The fourth-order valence-corrected chi connectivity index (χ4v) is 1.34. The maximum absolute atomic E-state index is 11.1. The highest BCUT2D eigenvalue weighted by Crippen LogP contribution is 2.09. The smallest absolute Gasteiger partial charge is 0.308 e. The van der Waals surface area contributed by atoms with E-state index < -0.39 is 6.10 Å². The fourth-order valence-electron chi connectivity index (χ4n) is 1.34. The summed E-state index contributed by atoms with van der Waals surface area (Å²) >= 11 is 0. The molecule has 0 radical (unpaired) electrons. The Morgan fingerprint density at radius 1 is 1.35 bits per heavy atom. The van der Waals surface area contributed by atoms with Crippen LogP contribution in [0.15, 0.2) is 30.3 Å². The molecule has 0 saturated heterocycles. The minimum Gasteiger partial charge on any atom is -0.493 e. The Morgan fingerprint density at radius 2 is 2.06 bits per heavy atom. The molecule has 0 bridgehead atoms. The van der Waals surface area contributed by atoms with Crippen molar-refractivity contribution in [3.05, 3.63) is 30.3 Å². The molecule has 0 aliphatic heterocycles. The first-order valence-corrected chi connectivity index (χ1v) is 5.74. The second-order valence-corrected chi connectivity index (χ2v) is 3.61. The van der Waals surface area contributed by atoms with E-state index in [9.17, 15) is 9.90 Å². The van der Waals surface area contributed by atoms with E-state index in [0.29, 0.717) is 19.6 Å². The molecule has 94 valence electrons. The molecule has 4 heteroatoms. The van der Waals surface area contributed by atoms with Gasteiger partial charge in [-0.3, -0.25) is 4.79 Å². The standard InChI is InChI=1S/C13H18O4/c1-2-16-13(15)10-11(14)8-9-17-12-6-4-3-5-7-12/h3-7,11,14H,2,8-10H2,1H3. The van der Waals surface area contributed by atoms with Crippen LogP contribution in [0.25, 0.3) is 0 Å². The second kappa shape index (κ2) is 7.68. The van der Waals surface area contributed by atoms with Gasteiger partial charge in [-0.15, -0.1) is 0 Å². The van der Waals surface area contributed by atoms with E-state index in [1.54, 1.807) is 6.92 Å². The molecular formula is C13H18O4. The average molecular weight is 238 g/mol. The number of benzene rings is 1. The molecule has 0 fully saturated rings. The molecule has 4 nitrogen and oxygen atoms in total. The summed E-state index contributed by atoms with van der Waals surface area (Å²) in [5, 5.41) is 9.54. The Bertz CT molecular complexity index is 323. The van der Waals surface area contributed by atoms with Gasteiger partial charge in [0.25, 0.3) is 0 Å². The predicted molar refractivity (Wildman–Crippen MR) is 63.8 cm³/mol. The van der Waals surface area contributed by atoms with Crippen LogP contribution < -0.4 is 4.74 Å². The number of ether oxygens (including phenoxy) is 2. The van der Waals surface area contributed by atoms with Crippen molar-refractivity contribution in [3.8, 4) is 5.75 Å². The Labute approximate surface area is 101 Å². The molecule has 0 saturated carbocycles. The minimum atomic E-state index is -0.710. The lowest BCUT2D eigenvalue weighted by Crippen LogP contribution is -2.18. The quantitative estimate of drug-likeness (QED) is 0.735. The maximum atomic E-state index is 11.1. The molecule has 0 aliphatic carbocycles. The Kier molecular flexibility index (Phi) is 6.10. The van der Waals surface area contributed by atoms with Gasteiger partial charge in [-0.2, -0.15) is 0 Å². The van der Waals surface area contributed by atoms with E-state index >= 15 is 0 Å². The first-order chi connectivity index (χ1) is 8.22. The van der Waals surface area contributed by atoms with Crippen LogP contribution in [0, 0.1) is 0 Å². The third kappa shape index (κ3) is 5.92. The number of aliphatic hydroxyl groups excluding tert-OH is 1. The van der Waals surface area contributed by atoms with E-state index in [-0.39, 0.29) is 12.4 Å². The molecule has 0 heterocycles. The van der Waals surface area contributed by atoms with Gasteiger partial charge in [0.2, 0.25) is 0 Å². The number of carbonyl (C=O) groups is 1. The summed E-state index contributed by atoms with van der Waals surface area (Å²) in [7, 11) is 0. The third-order valence-corrected chi connectivity index (χ3v) is 2.17. The van der Waals surface area contributed by atoms with Gasteiger partial charge < -0.3 is 14.6 Å². The molecule has 17 heavy (non-hydrogen) atoms. The summed E-state index contributed by atoms with van der Waals surface area (Å²) in [6, 6.07) is 9.35. The van der Waals surface area contributed by atoms with Crippen LogP contribution in [0.4, 0.5) is 0 Å². The molecule has 1 N–H and O–H groups in total. The van der Waals surface area contributed by atoms with Crippen LogP contribution in [0.1, 0.15) is 19.8 Å². The second-order valence-electron chi connectivity index (χ2n) is 3.61. The van der Waals surface area contributed by atoms with E-state index in [1.807, 2.05) is 30.3 Å². The van der Waals surface area contributed by atoms with Gasteiger partial charge in [-0.25, -0.2) is 0 Å². The van der Waals surface area contributed by atoms with E-state index in [0.717, 1.165) is 5.75 Å². The number of para-hydroxylation sites is 1. The summed E-state index contributed by atoms with van der Waals surface area (Å²) < 4.78 is 10.1. The van der Waals surface area contributed by atoms with Crippen molar-refractivity contribution in [3.63, 3.8) is 0 Å². The van der Waals surface area contributed by atoms with Gasteiger partial charge >= 0.3 is 5.97 Å². The zero-order valence-corrected chi connectivity index (χ0v) is 9.96. The molecule has 1 rings (SSSR count). The topological polar surface area (TPSA) is 55.8 Å². The number of hydrogen-bond acceptors (Lipinski definition) is 4. The van der Waals surface area contributed by atoms with Crippen LogP contribution in [-0.4, -0.2) is 30.4 Å². The molecule has 0 amide bonds. The number of carbonyl (C=O) groups excluding carboxylic acids is 1. The highest BCUT2D eigenvalue weighted by molar-refractivity contribution is 5.69. The van der Waals surface area contributed by atoms with Crippen LogP contribution >= 0.6 is 0 Å². The minimum absolute atomic E-state index is 0.0198. The summed E-state index contributed by atoms with van der Waals surface area (Å²) in [5.41, 5.74) is 0. The van der Waals surface area contributed by atoms with Crippen molar-refractivity contribution in [2.45, 2.75) is 25.9 Å². The largest absolute Gasteiger partial charge is 0.493 e. The Morgan fingerprint density at radius 3 is 2.71 bits per heavy atom. The normalized spacial score (nSPS) is 11.9. The molecule has 0 aliphatic rings. The van der Waals surface area contributed by atoms with E-state index in [1.165, 1.54) is 0 Å². The van der Waals surface area contributed by atoms with Crippen molar-refractivity contribution < 1.29 is 19.4 Å². The number of rotatable bonds is 7. The zero-order chi connectivity index (χ0) is 12.5. The first kappa shape index (κ1) is 13.5. The van der Waals surface area contributed by atoms with Crippen molar-refractivity contribution >= 4 is 5.97 Å². The van der Waals surface area contributed by atoms with Gasteiger partial charge in [0.05, 0.1) is 25.7 Å². The third-order valence-electron chi connectivity index (χ3n) is 2.17. The summed E-state index contributed by atoms with van der Waals surface area (Å²) in [6.45, 7) is 2.46. The Balaban J connectivity index is 2.16. The van der Waals surface area contributed by atoms with Gasteiger partial charge in [0, 0.05) is 6.42 Å². The lowest BCUT2D eigenvalue weighted by atomic mass is 10.2. The maximum Gasteiger partial charge on any atom is 0.308 e. The summed E-state index contributed by atoms with van der Waals surface area (Å²) in [4.78, 5) is 11.1. The molecule has 1 atom stereocenters. The lowest BCUT2D eigenvalue weighted by Gasteiger charge is -2.10. The number of aliphatic hydroxyl groups is 1. The molecule has 1 unspecified atom stereocenters. The van der Waals surface area contributed by atoms with Gasteiger partial charge in [0.15, 0.2) is 0 Å². The summed E-state index contributed by atoms with van der Waals surface area (Å²) in [6.07, 6.45) is -0.280. The number of hydrogen-bond donors (Lipinski definition) is 1. The van der Waals surface area contributed by atoms with Crippen LogP contribution in [-0.2, 0) is 9.53 Å². The van der Waals surface area contributed by atoms with Crippen molar-refractivity contribution in [1.82, 2.24) is 0 Å². The zero-order valence-electron chi connectivity index (χ0n) is 9.96. The summed E-state index contributed by atoms with van der Waals surface area (Å²) in [5.74, 6) is 0.385. The van der Waals surface area contributed by atoms with Crippen molar-refractivity contribution in [1.29, 1.82) is 0 Å². The molecule has 0 aromatic heterocycles. The van der Waals surface area contributed by atoms with E-state index in [2.05, 4.69) is 0 Å².